The molecular formula is C15H22O4. The molecule has 4 heteroatoms. The Morgan fingerprint density at radius 2 is 1.84 bits per heavy atom. The molecule has 1 N–H and O–H groups in total. The molecule has 19 heavy (non-hydrogen) atoms. The van der Waals surface area contributed by atoms with Gasteiger partial charge in [0.2, 0.25) is 0 Å². The highest BCUT2D eigenvalue weighted by Crippen LogP contribution is 2.32. The van der Waals surface area contributed by atoms with Gasteiger partial charge in [-0.05, 0) is 30.5 Å². The Kier molecular flexibility index (Phi) is 4.66. The van der Waals surface area contributed by atoms with Crippen LogP contribution in [0.1, 0.15) is 32.4 Å². The summed E-state index contributed by atoms with van der Waals surface area (Å²) in [6.07, 6.45) is -0.510. The number of benzene rings is 1. The maximum atomic E-state index is 10.1. The molecule has 0 saturated carbocycles. The number of fused-ring (bicyclic) bond motifs is 1. The van der Waals surface area contributed by atoms with E-state index in [0.717, 1.165) is 11.3 Å². The summed E-state index contributed by atoms with van der Waals surface area (Å²) in [4.78, 5) is 0. The van der Waals surface area contributed by atoms with Crippen LogP contribution in [0.3, 0.4) is 0 Å². The van der Waals surface area contributed by atoms with Gasteiger partial charge in [-0.25, -0.2) is 0 Å². The van der Waals surface area contributed by atoms with Gasteiger partial charge in [0.25, 0.3) is 0 Å². The molecule has 0 saturated heterocycles. The van der Waals surface area contributed by atoms with Gasteiger partial charge in [-0.3, -0.25) is 0 Å². The molecule has 1 aliphatic rings. The van der Waals surface area contributed by atoms with Gasteiger partial charge in [0, 0.05) is 0 Å². The van der Waals surface area contributed by atoms with Crippen LogP contribution in [-0.2, 0) is 4.74 Å². The summed E-state index contributed by atoms with van der Waals surface area (Å²) in [5.74, 6) is 1.87. The van der Waals surface area contributed by atoms with Crippen LogP contribution in [0, 0.1) is 5.92 Å². The van der Waals surface area contributed by atoms with Crippen molar-refractivity contribution in [2.24, 2.45) is 5.92 Å². The Labute approximate surface area is 114 Å². The minimum Gasteiger partial charge on any atom is -0.486 e. The molecule has 2 rings (SSSR count). The van der Waals surface area contributed by atoms with Crippen molar-refractivity contribution in [2.45, 2.75) is 33.0 Å². The molecule has 0 aromatic heterocycles. The first-order chi connectivity index (χ1) is 9.08. The summed E-state index contributed by atoms with van der Waals surface area (Å²) in [5.41, 5.74) is 0.792. The van der Waals surface area contributed by atoms with Gasteiger partial charge in [-0.2, -0.15) is 0 Å². The van der Waals surface area contributed by atoms with E-state index in [0.29, 0.717) is 31.5 Å². The molecule has 1 heterocycles. The lowest BCUT2D eigenvalue weighted by molar-refractivity contribution is -0.0207. The summed E-state index contributed by atoms with van der Waals surface area (Å²) >= 11 is 0. The molecule has 1 aromatic rings. The topological polar surface area (TPSA) is 47.9 Å². The standard InChI is InChI=1S/C15H22O4/c1-10(2)11(3)19-9-13(16)12-4-5-14-15(8-12)18-7-6-17-14/h4-5,8,10-11,13,16H,6-7,9H2,1-3H3. The third-order valence-electron chi connectivity index (χ3n) is 3.41. The van der Waals surface area contributed by atoms with E-state index in [9.17, 15) is 5.11 Å². The molecular weight excluding hydrogens is 244 g/mol. The Hall–Kier alpha value is -1.26. The predicted octanol–water partition coefficient (Wildman–Crippen LogP) is 2.55. The van der Waals surface area contributed by atoms with E-state index in [4.69, 9.17) is 14.2 Å². The zero-order valence-electron chi connectivity index (χ0n) is 11.8. The van der Waals surface area contributed by atoms with Crippen LogP contribution in [0.25, 0.3) is 0 Å². The van der Waals surface area contributed by atoms with Crippen molar-refractivity contribution in [3.05, 3.63) is 23.8 Å². The quantitative estimate of drug-likeness (QED) is 0.889. The van der Waals surface area contributed by atoms with Crippen LogP contribution in [0.5, 0.6) is 11.5 Å². The van der Waals surface area contributed by atoms with Crippen LogP contribution in [0.2, 0.25) is 0 Å². The van der Waals surface area contributed by atoms with E-state index in [1.165, 1.54) is 0 Å². The largest absolute Gasteiger partial charge is 0.486 e. The zero-order chi connectivity index (χ0) is 13.8. The van der Waals surface area contributed by atoms with E-state index in [1.54, 1.807) is 0 Å². The van der Waals surface area contributed by atoms with Crippen LogP contribution < -0.4 is 9.47 Å². The number of rotatable bonds is 5. The van der Waals surface area contributed by atoms with Crippen molar-refractivity contribution in [2.75, 3.05) is 19.8 Å². The second-order valence-electron chi connectivity index (χ2n) is 5.20. The van der Waals surface area contributed by atoms with E-state index in [2.05, 4.69) is 13.8 Å². The number of aliphatic hydroxyl groups is 1. The van der Waals surface area contributed by atoms with Crippen LogP contribution in [0.4, 0.5) is 0 Å². The molecule has 0 amide bonds. The summed E-state index contributed by atoms with van der Waals surface area (Å²) < 4.78 is 16.6. The van der Waals surface area contributed by atoms with Gasteiger partial charge in [-0.1, -0.05) is 19.9 Å². The molecule has 106 valence electrons. The molecule has 2 atom stereocenters. The van der Waals surface area contributed by atoms with Crippen molar-refractivity contribution in [3.8, 4) is 11.5 Å². The monoisotopic (exact) mass is 266 g/mol. The molecule has 2 unspecified atom stereocenters. The molecule has 4 nitrogen and oxygen atoms in total. The SMILES string of the molecule is CC(C)C(C)OCC(O)c1ccc2c(c1)OCCO2. The van der Waals surface area contributed by atoms with Crippen LogP contribution in [0.15, 0.2) is 18.2 Å². The van der Waals surface area contributed by atoms with Gasteiger partial charge in [0.05, 0.1) is 12.7 Å². The minimum absolute atomic E-state index is 0.131. The Bertz CT molecular complexity index is 417. The Morgan fingerprint density at radius 1 is 1.16 bits per heavy atom. The molecule has 0 aliphatic carbocycles. The van der Waals surface area contributed by atoms with E-state index >= 15 is 0 Å². The lowest BCUT2D eigenvalue weighted by Gasteiger charge is -2.22. The normalized spacial score (nSPS) is 17.3. The van der Waals surface area contributed by atoms with E-state index in [-0.39, 0.29) is 6.10 Å². The molecule has 1 aliphatic heterocycles. The summed E-state index contributed by atoms with van der Waals surface area (Å²) in [6.45, 7) is 7.62. The number of ether oxygens (including phenoxy) is 3. The minimum atomic E-state index is -0.642. The highest BCUT2D eigenvalue weighted by atomic mass is 16.6. The van der Waals surface area contributed by atoms with Crippen molar-refractivity contribution < 1.29 is 19.3 Å². The van der Waals surface area contributed by atoms with Crippen LogP contribution in [-0.4, -0.2) is 31.0 Å². The van der Waals surface area contributed by atoms with Gasteiger partial charge in [0.15, 0.2) is 11.5 Å². The molecule has 0 spiro atoms. The second-order valence-corrected chi connectivity index (χ2v) is 5.20. The molecule has 0 bridgehead atoms. The van der Waals surface area contributed by atoms with Crippen molar-refractivity contribution in [1.82, 2.24) is 0 Å². The summed E-state index contributed by atoms with van der Waals surface area (Å²) in [5, 5.41) is 10.1. The van der Waals surface area contributed by atoms with E-state index < -0.39 is 6.10 Å². The maximum Gasteiger partial charge on any atom is 0.161 e. The van der Waals surface area contributed by atoms with Crippen molar-refractivity contribution in [3.63, 3.8) is 0 Å². The van der Waals surface area contributed by atoms with Gasteiger partial charge in [-0.15, -0.1) is 0 Å². The fourth-order valence-corrected chi connectivity index (χ4v) is 1.80. The highest BCUT2D eigenvalue weighted by Gasteiger charge is 2.17. The first-order valence-electron chi connectivity index (χ1n) is 6.77. The number of hydrogen-bond acceptors (Lipinski definition) is 4. The van der Waals surface area contributed by atoms with Crippen LogP contribution >= 0.6 is 0 Å². The lowest BCUT2D eigenvalue weighted by Crippen LogP contribution is -2.20. The first kappa shape index (κ1) is 14.2. The fourth-order valence-electron chi connectivity index (χ4n) is 1.80. The fraction of sp³-hybridized carbons (Fsp3) is 0.600. The van der Waals surface area contributed by atoms with E-state index in [1.807, 2.05) is 25.1 Å². The van der Waals surface area contributed by atoms with Crippen molar-refractivity contribution >= 4 is 0 Å². The lowest BCUT2D eigenvalue weighted by atomic mass is 10.1. The number of aliphatic hydroxyl groups excluding tert-OH is 1. The van der Waals surface area contributed by atoms with Gasteiger partial charge < -0.3 is 19.3 Å². The Balaban J connectivity index is 1.97. The summed E-state index contributed by atoms with van der Waals surface area (Å²) in [6, 6.07) is 5.50. The zero-order valence-corrected chi connectivity index (χ0v) is 11.8. The smallest absolute Gasteiger partial charge is 0.161 e. The molecule has 1 aromatic carbocycles. The molecule has 0 radical (unpaired) electrons. The summed E-state index contributed by atoms with van der Waals surface area (Å²) in [7, 11) is 0. The Morgan fingerprint density at radius 3 is 2.53 bits per heavy atom. The maximum absolute atomic E-state index is 10.1. The molecule has 0 fully saturated rings. The predicted molar refractivity (Wildman–Crippen MR) is 72.6 cm³/mol. The number of hydrogen-bond donors (Lipinski definition) is 1. The first-order valence-corrected chi connectivity index (χ1v) is 6.77. The third-order valence-corrected chi connectivity index (χ3v) is 3.41. The average molecular weight is 266 g/mol. The van der Waals surface area contributed by atoms with Crippen molar-refractivity contribution in [1.29, 1.82) is 0 Å². The third kappa shape index (κ3) is 3.61. The second kappa shape index (κ2) is 6.26. The van der Waals surface area contributed by atoms with Gasteiger partial charge in [0.1, 0.15) is 19.3 Å². The average Bonchev–Trinajstić information content (AvgIpc) is 2.43. The highest BCUT2D eigenvalue weighted by molar-refractivity contribution is 5.44. The van der Waals surface area contributed by atoms with Gasteiger partial charge >= 0.3 is 0 Å².